The number of piperazine rings is 1. The third-order valence-corrected chi connectivity index (χ3v) is 3.13. The topological polar surface area (TPSA) is 69.8 Å². The Balaban J connectivity index is 2.17. The normalized spacial score (nSPS) is 17.1. The molecule has 1 aliphatic rings. The molecule has 0 aromatic heterocycles. The molecule has 92 valence electrons. The molecule has 0 atom stereocenters. The molecule has 17 heavy (non-hydrogen) atoms. The summed E-state index contributed by atoms with van der Waals surface area (Å²) in [6.45, 7) is 3.92. The maximum Gasteiger partial charge on any atom is 0.337 e. The van der Waals surface area contributed by atoms with Crippen molar-refractivity contribution in [3.05, 3.63) is 23.8 Å². The second-order valence-corrected chi connectivity index (χ2v) is 4.37. The summed E-state index contributed by atoms with van der Waals surface area (Å²) in [6.07, 6.45) is 0. The Labute approximate surface area is 100 Å². The Morgan fingerprint density at radius 1 is 1.29 bits per heavy atom. The van der Waals surface area contributed by atoms with Crippen LogP contribution in [0, 0.1) is 0 Å². The highest BCUT2D eigenvalue weighted by atomic mass is 16.4. The van der Waals surface area contributed by atoms with E-state index in [0.717, 1.165) is 31.9 Å². The Kier molecular flexibility index (Phi) is 3.19. The molecule has 2 rings (SSSR count). The molecule has 5 nitrogen and oxygen atoms in total. The average Bonchev–Trinajstić information content (AvgIpc) is 2.29. The Bertz CT molecular complexity index is 426. The predicted octanol–water partition coefficient (Wildman–Crippen LogP) is 0.719. The molecular formula is C12H17N3O2. The summed E-state index contributed by atoms with van der Waals surface area (Å²) in [5.41, 5.74) is 7.24. The van der Waals surface area contributed by atoms with Gasteiger partial charge in [-0.05, 0) is 25.2 Å². The number of nitrogen functional groups attached to an aromatic ring is 1. The molecule has 3 N–H and O–H groups in total. The Hall–Kier alpha value is -1.75. The minimum absolute atomic E-state index is 0.169. The zero-order valence-corrected chi connectivity index (χ0v) is 9.89. The molecule has 1 aromatic carbocycles. The van der Waals surface area contributed by atoms with Crippen LogP contribution in [0.1, 0.15) is 10.4 Å². The maximum atomic E-state index is 10.9. The van der Waals surface area contributed by atoms with Gasteiger partial charge in [0.1, 0.15) is 0 Å². The first-order valence-corrected chi connectivity index (χ1v) is 5.64. The van der Waals surface area contributed by atoms with Gasteiger partial charge in [-0.3, -0.25) is 0 Å². The van der Waals surface area contributed by atoms with Crippen molar-refractivity contribution in [2.75, 3.05) is 43.9 Å². The third-order valence-electron chi connectivity index (χ3n) is 3.13. The van der Waals surface area contributed by atoms with Gasteiger partial charge < -0.3 is 20.6 Å². The van der Waals surface area contributed by atoms with Crippen molar-refractivity contribution in [1.29, 1.82) is 0 Å². The van der Waals surface area contributed by atoms with Crippen LogP contribution in [-0.4, -0.2) is 49.2 Å². The highest BCUT2D eigenvalue weighted by molar-refractivity contribution is 5.94. The summed E-state index contributed by atoms with van der Waals surface area (Å²) in [5.74, 6) is -0.979. The van der Waals surface area contributed by atoms with E-state index in [0.29, 0.717) is 5.69 Å². The highest BCUT2D eigenvalue weighted by Gasteiger charge is 2.16. The first kappa shape index (κ1) is 11.7. The van der Waals surface area contributed by atoms with E-state index in [4.69, 9.17) is 10.8 Å². The number of anilines is 2. The average molecular weight is 235 g/mol. The number of carboxylic acids is 1. The number of carbonyl (C=O) groups is 1. The molecular weight excluding hydrogens is 218 g/mol. The standard InChI is InChI=1S/C12H17N3O2/c1-14-4-6-15(7-5-14)9-2-3-10(12(16)17)11(13)8-9/h2-3,8H,4-7,13H2,1H3,(H,16,17). The lowest BCUT2D eigenvalue weighted by Gasteiger charge is -2.34. The lowest BCUT2D eigenvalue weighted by molar-refractivity contribution is 0.0698. The summed E-state index contributed by atoms with van der Waals surface area (Å²) >= 11 is 0. The lowest BCUT2D eigenvalue weighted by atomic mass is 10.1. The zero-order valence-electron chi connectivity index (χ0n) is 9.89. The summed E-state index contributed by atoms with van der Waals surface area (Å²) in [7, 11) is 2.10. The van der Waals surface area contributed by atoms with Crippen molar-refractivity contribution in [3.8, 4) is 0 Å². The monoisotopic (exact) mass is 235 g/mol. The van der Waals surface area contributed by atoms with E-state index in [2.05, 4.69) is 16.8 Å². The van der Waals surface area contributed by atoms with Crippen molar-refractivity contribution in [2.24, 2.45) is 0 Å². The molecule has 1 aliphatic heterocycles. The van der Waals surface area contributed by atoms with Crippen LogP contribution in [0.25, 0.3) is 0 Å². The first-order chi connectivity index (χ1) is 8.08. The molecule has 0 radical (unpaired) electrons. The molecule has 0 spiro atoms. The number of hydrogen-bond donors (Lipinski definition) is 2. The number of rotatable bonds is 2. The molecule has 1 heterocycles. The second kappa shape index (κ2) is 4.63. The quantitative estimate of drug-likeness (QED) is 0.739. The number of nitrogens with zero attached hydrogens (tertiary/aromatic N) is 2. The fourth-order valence-corrected chi connectivity index (χ4v) is 2.01. The predicted molar refractivity (Wildman–Crippen MR) is 67.5 cm³/mol. The van der Waals surface area contributed by atoms with Crippen molar-refractivity contribution < 1.29 is 9.90 Å². The van der Waals surface area contributed by atoms with Crippen molar-refractivity contribution in [1.82, 2.24) is 4.90 Å². The molecule has 0 bridgehead atoms. The van der Waals surface area contributed by atoms with Crippen LogP contribution in [0.3, 0.4) is 0 Å². The summed E-state index contributed by atoms with van der Waals surface area (Å²) in [4.78, 5) is 15.3. The fraction of sp³-hybridized carbons (Fsp3) is 0.417. The molecule has 1 aromatic rings. The van der Waals surface area contributed by atoms with Crippen LogP contribution >= 0.6 is 0 Å². The molecule has 0 saturated carbocycles. The highest BCUT2D eigenvalue weighted by Crippen LogP contribution is 2.22. The lowest BCUT2D eigenvalue weighted by Crippen LogP contribution is -2.44. The van der Waals surface area contributed by atoms with Gasteiger partial charge in [-0.15, -0.1) is 0 Å². The van der Waals surface area contributed by atoms with Crippen LogP contribution in [0.5, 0.6) is 0 Å². The van der Waals surface area contributed by atoms with Gasteiger partial charge >= 0.3 is 5.97 Å². The number of hydrogen-bond acceptors (Lipinski definition) is 4. The molecule has 0 amide bonds. The molecule has 0 unspecified atom stereocenters. The number of benzene rings is 1. The second-order valence-electron chi connectivity index (χ2n) is 4.37. The zero-order chi connectivity index (χ0) is 12.4. The van der Waals surface area contributed by atoms with E-state index < -0.39 is 5.97 Å². The van der Waals surface area contributed by atoms with E-state index in [1.54, 1.807) is 12.1 Å². The van der Waals surface area contributed by atoms with Crippen LogP contribution in [0.4, 0.5) is 11.4 Å². The summed E-state index contributed by atoms with van der Waals surface area (Å²) < 4.78 is 0. The summed E-state index contributed by atoms with van der Waals surface area (Å²) in [6, 6.07) is 5.14. The number of carboxylic acid groups (broad SMARTS) is 1. The number of nitrogens with two attached hydrogens (primary N) is 1. The number of likely N-dealkylation sites (N-methyl/N-ethyl adjacent to an activating group) is 1. The SMILES string of the molecule is CN1CCN(c2ccc(C(=O)O)c(N)c2)CC1. The van der Waals surface area contributed by atoms with E-state index in [1.165, 1.54) is 0 Å². The Morgan fingerprint density at radius 2 is 1.94 bits per heavy atom. The molecule has 1 fully saturated rings. The van der Waals surface area contributed by atoms with Gasteiger partial charge in [0.05, 0.1) is 5.56 Å². The van der Waals surface area contributed by atoms with E-state index in [9.17, 15) is 4.79 Å². The first-order valence-electron chi connectivity index (χ1n) is 5.64. The summed E-state index contributed by atoms with van der Waals surface area (Å²) in [5, 5.41) is 8.90. The van der Waals surface area contributed by atoms with Crippen molar-refractivity contribution >= 4 is 17.3 Å². The van der Waals surface area contributed by atoms with Crippen LogP contribution in [0.2, 0.25) is 0 Å². The van der Waals surface area contributed by atoms with Gasteiger partial charge in [0, 0.05) is 37.6 Å². The largest absolute Gasteiger partial charge is 0.478 e. The third kappa shape index (κ3) is 2.50. The fourth-order valence-electron chi connectivity index (χ4n) is 2.01. The Morgan fingerprint density at radius 3 is 2.47 bits per heavy atom. The van der Waals surface area contributed by atoms with E-state index in [-0.39, 0.29) is 5.56 Å². The van der Waals surface area contributed by atoms with Crippen molar-refractivity contribution in [2.45, 2.75) is 0 Å². The van der Waals surface area contributed by atoms with Gasteiger partial charge in [0.2, 0.25) is 0 Å². The van der Waals surface area contributed by atoms with Gasteiger partial charge in [0.15, 0.2) is 0 Å². The van der Waals surface area contributed by atoms with Crippen LogP contribution < -0.4 is 10.6 Å². The number of aromatic carboxylic acids is 1. The van der Waals surface area contributed by atoms with Crippen LogP contribution in [-0.2, 0) is 0 Å². The van der Waals surface area contributed by atoms with Gasteiger partial charge in [-0.1, -0.05) is 0 Å². The minimum Gasteiger partial charge on any atom is -0.478 e. The van der Waals surface area contributed by atoms with Gasteiger partial charge in [0.25, 0.3) is 0 Å². The molecule has 1 saturated heterocycles. The smallest absolute Gasteiger partial charge is 0.337 e. The molecule has 0 aliphatic carbocycles. The van der Waals surface area contributed by atoms with E-state index >= 15 is 0 Å². The minimum atomic E-state index is -0.979. The molecule has 5 heteroatoms. The van der Waals surface area contributed by atoms with Gasteiger partial charge in [-0.2, -0.15) is 0 Å². The van der Waals surface area contributed by atoms with E-state index in [1.807, 2.05) is 6.07 Å². The van der Waals surface area contributed by atoms with Crippen molar-refractivity contribution in [3.63, 3.8) is 0 Å². The maximum absolute atomic E-state index is 10.9. The van der Waals surface area contributed by atoms with Gasteiger partial charge in [-0.25, -0.2) is 4.79 Å². The van der Waals surface area contributed by atoms with Crippen LogP contribution in [0.15, 0.2) is 18.2 Å².